The Hall–Kier alpha value is -2.15. The van der Waals surface area contributed by atoms with Crippen molar-refractivity contribution in [3.63, 3.8) is 0 Å². The monoisotopic (exact) mass is 280 g/mol. The van der Waals surface area contributed by atoms with Crippen molar-refractivity contribution in [3.8, 4) is 0 Å². The zero-order valence-corrected chi connectivity index (χ0v) is 11.0. The third-order valence-corrected chi connectivity index (χ3v) is 3.35. The van der Waals surface area contributed by atoms with Crippen LogP contribution < -0.4 is 5.56 Å². The van der Waals surface area contributed by atoms with Crippen molar-refractivity contribution in [2.75, 3.05) is 6.61 Å². The second kappa shape index (κ2) is 5.23. The Morgan fingerprint density at radius 3 is 3.00 bits per heavy atom. The number of aromatic amines is 1. The van der Waals surface area contributed by atoms with Crippen LogP contribution in [0, 0.1) is 0 Å². The predicted octanol–water partition coefficient (Wildman–Crippen LogP) is 1.62. The van der Waals surface area contributed by atoms with Gasteiger partial charge < -0.3 is 14.8 Å². The highest BCUT2D eigenvalue weighted by Gasteiger charge is 2.15. The molecule has 0 bridgehead atoms. The van der Waals surface area contributed by atoms with Gasteiger partial charge in [0.2, 0.25) is 0 Å². The maximum atomic E-state index is 11.9. The summed E-state index contributed by atoms with van der Waals surface area (Å²) in [4.78, 5) is 30.3. The van der Waals surface area contributed by atoms with E-state index >= 15 is 0 Å². The van der Waals surface area contributed by atoms with Gasteiger partial charge in [-0.2, -0.15) is 0 Å². The van der Waals surface area contributed by atoms with Gasteiger partial charge in [0.15, 0.2) is 11.6 Å². The van der Waals surface area contributed by atoms with Gasteiger partial charge in [-0.25, -0.2) is 4.98 Å². The van der Waals surface area contributed by atoms with Crippen molar-refractivity contribution in [3.05, 3.63) is 33.7 Å². The van der Waals surface area contributed by atoms with Crippen molar-refractivity contribution in [2.45, 2.75) is 13.3 Å². The van der Waals surface area contributed by atoms with E-state index in [0.29, 0.717) is 22.4 Å². The maximum absolute atomic E-state index is 11.9. The lowest BCUT2D eigenvalue weighted by Crippen LogP contribution is -2.13. The van der Waals surface area contributed by atoms with E-state index in [9.17, 15) is 14.7 Å². The topological polar surface area (TPSA) is 92.3 Å². The molecule has 2 heterocycles. The molecule has 0 aromatic carbocycles. The van der Waals surface area contributed by atoms with Crippen LogP contribution in [0.4, 0.5) is 0 Å². The number of hydrogen-bond acceptors (Lipinski definition) is 6. The largest absolute Gasteiger partial charge is 0.505 e. The van der Waals surface area contributed by atoms with Crippen LogP contribution in [0.15, 0.2) is 16.8 Å². The molecule has 2 N–H and O–H groups in total. The first kappa shape index (κ1) is 13.3. The van der Waals surface area contributed by atoms with E-state index in [1.54, 1.807) is 12.3 Å². The summed E-state index contributed by atoms with van der Waals surface area (Å²) >= 11 is 1.23. The van der Waals surface area contributed by atoms with Crippen molar-refractivity contribution in [1.82, 2.24) is 9.97 Å². The molecular weight excluding hydrogens is 268 g/mol. The van der Waals surface area contributed by atoms with E-state index in [1.165, 1.54) is 11.3 Å². The summed E-state index contributed by atoms with van der Waals surface area (Å²) in [5.41, 5.74) is 0.165. The lowest BCUT2D eigenvalue weighted by atomic mass is 10.2. The van der Waals surface area contributed by atoms with Crippen molar-refractivity contribution >= 4 is 33.3 Å². The molecule has 0 aliphatic carbocycles. The van der Waals surface area contributed by atoms with Crippen LogP contribution in [0.3, 0.4) is 0 Å². The van der Waals surface area contributed by atoms with Crippen LogP contribution in [0.25, 0.3) is 16.0 Å². The van der Waals surface area contributed by atoms with Crippen molar-refractivity contribution in [2.24, 2.45) is 0 Å². The van der Waals surface area contributed by atoms with Crippen LogP contribution in [0.5, 0.6) is 0 Å². The molecule has 0 atom stereocenters. The fourth-order valence-electron chi connectivity index (χ4n) is 1.64. The molecule has 7 heteroatoms. The zero-order chi connectivity index (χ0) is 14.0. The van der Waals surface area contributed by atoms with Crippen LogP contribution in [-0.4, -0.2) is 27.7 Å². The summed E-state index contributed by atoms with van der Waals surface area (Å²) in [7, 11) is 0. The fourth-order valence-corrected chi connectivity index (χ4v) is 2.58. The Balaban J connectivity index is 2.46. The number of H-pyrrole nitrogens is 1. The maximum Gasteiger partial charge on any atom is 0.310 e. The molecule has 0 amide bonds. The number of aromatic nitrogens is 2. The molecule has 0 spiro atoms. The molecule has 0 fully saturated rings. The third kappa shape index (κ3) is 2.65. The van der Waals surface area contributed by atoms with Gasteiger partial charge in [0, 0.05) is 0 Å². The standard InChI is InChI=1S/C12H12N2O4S/c1-3-18-8(16)4-7-5-19-12-9(7)11(17)13-10(14-12)6(2)15/h5,15H,2-4H2,1H3,(H,13,14,17). The zero-order valence-electron chi connectivity index (χ0n) is 10.2. The SMILES string of the molecule is C=C(O)c1nc2scc(CC(=O)OCC)c2c(=O)[nH]1. The van der Waals surface area contributed by atoms with E-state index in [1.807, 2.05) is 0 Å². The van der Waals surface area contributed by atoms with Gasteiger partial charge in [0.25, 0.3) is 5.56 Å². The highest BCUT2D eigenvalue weighted by atomic mass is 32.1. The third-order valence-electron chi connectivity index (χ3n) is 2.43. The Bertz CT molecular complexity index is 701. The number of carbonyl (C=O) groups excluding carboxylic acids is 1. The number of esters is 1. The van der Waals surface area contributed by atoms with Gasteiger partial charge in [-0.3, -0.25) is 9.59 Å². The molecule has 0 saturated carbocycles. The minimum Gasteiger partial charge on any atom is -0.505 e. The van der Waals surface area contributed by atoms with Gasteiger partial charge in [-0.05, 0) is 17.9 Å². The van der Waals surface area contributed by atoms with Gasteiger partial charge >= 0.3 is 5.97 Å². The van der Waals surface area contributed by atoms with Crippen LogP contribution in [0.1, 0.15) is 18.3 Å². The van der Waals surface area contributed by atoms with Gasteiger partial charge in [-0.1, -0.05) is 6.58 Å². The van der Waals surface area contributed by atoms with Crippen molar-refractivity contribution in [1.29, 1.82) is 0 Å². The van der Waals surface area contributed by atoms with E-state index in [4.69, 9.17) is 4.74 Å². The van der Waals surface area contributed by atoms with Gasteiger partial charge in [-0.15, -0.1) is 11.3 Å². The minimum atomic E-state index is -0.407. The smallest absolute Gasteiger partial charge is 0.310 e. The number of rotatable bonds is 4. The minimum absolute atomic E-state index is 0.0258. The summed E-state index contributed by atoms with van der Waals surface area (Å²) in [6.45, 7) is 5.32. The van der Waals surface area contributed by atoms with Crippen molar-refractivity contribution < 1.29 is 14.6 Å². The first-order valence-corrected chi connectivity index (χ1v) is 6.45. The highest BCUT2D eigenvalue weighted by Crippen LogP contribution is 2.22. The van der Waals surface area contributed by atoms with Crippen LogP contribution in [-0.2, 0) is 16.0 Å². The number of aliphatic hydroxyl groups is 1. The van der Waals surface area contributed by atoms with E-state index in [0.717, 1.165) is 0 Å². The molecule has 0 aliphatic heterocycles. The lowest BCUT2D eigenvalue weighted by Gasteiger charge is -2.01. The molecule has 0 radical (unpaired) electrons. The number of thiophene rings is 1. The number of aliphatic hydroxyl groups excluding tert-OH is 1. The quantitative estimate of drug-likeness (QED) is 0.656. The Morgan fingerprint density at radius 1 is 1.63 bits per heavy atom. The molecule has 2 rings (SSSR count). The van der Waals surface area contributed by atoms with E-state index in [2.05, 4.69) is 16.5 Å². The Kier molecular flexibility index (Phi) is 3.66. The van der Waals surface area contributed by atoms with Crippen LogP contribution >= 0.6 is 11.3 Å². The van der Waals surface area contributed by atoms with Gasteiger partial charge in [0.1, 0.15) is 4.83 Å². The summed E-state index contributed by atoms with van der Waals surface area (Å²) in [5, 5.41) is 11.3. The first-order valence-electron chi connectivity index (χ1n) is 5.57. The number of hydrogen-bond donors (Lipinski definition) is 2. The summed E-state index contributed by atoms with van der Waals surface area (Å²) < 4.78 is 4.84. The molecule has 0 unspecified atom stereocenters. The average molecular weight is 280 g/mol. The number of ether oxygens (including phenoxy) is 1. The number of nitrogens with one attached hydrogen (secondary N) is 1. The number of fused-ring (bicyclic) bond motifs is 1. The van der Waals surface area contributed by atoms with Gasteiger partial charge in [0.05, 0.1) is 18.4 Å². The molecule has 2 aromatic rings. The second-order valence-electron chi connectivity index (χ2n) is 3.78. The molecular formula is C12H12N2O4S. The molecule has 6 nitrogen and oxygen atoms in total. The summed E-state index contributed by atoms with van der Waals surface area (Å²) in [6, 6.07) is 0. The second-order valence-corrected chi connectivity index (χ2v) is 4.64. The Morgan fingerprint density at radius 2 is 2.37 bits per heavy atom. The Labute approximate surface area is 112 Å². The average Bonchev–Trinajstić information content (AvgIpc) is 2.73. The molecule has 100 valence electrons. The number of carbonyl (C=O) groups is 1. The molecule has 0 saturated heterocycles. The molecule has 19 heavy (non-hydrogen) atoms. The molecule has 2 aromatic heterocycles. The summed E-state index contributed by atoms with van der Waals surface area (Å²) in [5.74, 6) is -0.668. The normalized spacial score (nSPS) is 10.6. The molecule has 0 aliphatic rings. The van der Waals surface area contributed by atoms with Crippen LogP contribution in [0.2, 0.25) is 0 Å². The number of nitrogens with zero attached hydrogens (tertiary/aromatic N) is 1. The lowest BCUT2D eigenvalue weighted by molar-refractivity contribution is -0.142. The predicted molar refractivity (Wildman–Crippen MR) is 72.2 cm³/mol. The fraction of sp³-hybridized carbons (Fsp3) is 0.250. The highest BCUT2D eigenvalue weighted by molar-refractivity contribution is 7.16. The van der Waals surface area contributed by atoms with E-state index < -0.39 is 11.5 Å². The summed E-state index contributed by atoms with van der Waals surface area (Å²) in [6.07, 6.45) is 0.0258. The first-order chi connectivity index (χ1) is 9.02. The van der Waals surface area contributed by atoms with E-state index in [-0.39, 0.29) is 18.0 Å².